The van der Waals surface area contributed by atoms with E-state index in [0.717, 1.165) is 5.56 Å². The molecule has 0 aliphatic carbocycles. The highest BCUT2D eigenvalue weighted by Crippen LogP contribution is 2.23. The highest BCUT2D eigenvalue weighted by atomic mass is 16.3. The van der Waals surface area contributed by atoms with Crippen molar-refractivity contribution in [3.63, 3.8) is 0 Å². The molecule has 0 heterocycles. The summed E-state index contributed by atoms with van der Waals surface area (Å²) in [5.41, 5.74) is 0.965. The van der Waals surface area contributed by atoms with Crippen LogP contribution in [0.3, 0.4) is 0 Å². The molecule has 2 amide bonds. The molecule has 0 aromatic heterocycles. The van der Waals surface area contributed by atoms with E-state index < -0.39 is 6.04 Å². The number of amides is 2. The van der Waals surface area contributed by atoms with Gasteiger partial charge in [0.05, 0.1) is 6.04 Å². The summed E-state index contributed by atoms with van der Waals surface area (Å²) in [6, 6.07) is 8.76. The average Bonchev–Trinajstić information content (AvgIpc) is 2.43. The molecule has 0 aliphatic rings. The van der Waals surface area contributed by atoms with Crippen LogP contribution in [0.2, 0.25) is 0 Å². The number of rotatable bonds is 6. The van der Waals surface area contributed by atoms with Crippen LogP contribution in [0, 0.1) is 0 Å². The molecule has 1 aromatic carbocycles. The van der Waals surface area contributed by atoms with Gasteiger partial charge >= 0.3 is 0 Å². The number of carbonyl (C=O) groups is 2. The van der Waals surface area contributed by atoms with Gasteiger partial charge in [-0.25, -0.2) is 0 Å². The van der Waals surface area contributed by atoms with Gasteiger partial charge in [0.25, 0.3) is 0 Å². The fourth-order valence-corrected chi connectivity index (χ4v) is 2.21. The Bertz CT molecular complexity index is 448. The monoisotopic (exact) mass is 278 g/mol. The molecule has 1 aromatic rings. The Morgan fingerprint density at radius 1 is 1.30 bits per heavy atom. The number of aliphatic hydroxyl groups is 1. The Hall–Kier alpha value is -1.88. The molecule has 5 heteroatoms. The molecule has 0 aliphatic heterocycles. The van der Waals surface area contributed by atoms with Crippen LogP contribution in [0.5, 0.6) is 0 Å². The van der Waals surface area contributed by atoms with Gasteiger partial charge in [-0.05, 0) is 18.9 Å². The Kier molecular flexibility index (Phi) is 6.18. The zero-order valence-corrected chi connectivity index (χ0v) is 12.2. The maximum atomic E-state index is 12.3. The molecule has 1 rings (SSSR count). The predicted molar refractivity (Wildman–Crippen MR) is 76.9 cm³/mol. The van der Waals surface area contributed by atoms with E-state index in [2.05, 4.69) is 5.32 Å². The summed E-state index contributed by atoms with van der Waals surface area (Å²) in [6.45, 7) is 3.03. The summed E-state index contributed by atoms with van der Waals surface area (Å²) >= 11 is 0. The molecule has 0 saturated heterocycles. The number of hydrogen-bond acceptors (Lipinski definition) is 3. The van der Waals surface area contributed by atoms with E-state index >= 15 is 0 Å². The molecule has 2 unspecified atom stereocenters. The fourth-order valence-electron chi connectivity index (χ4n) is 2.21. The number of aliphatic hydroxyl groups excluding tert-OH is 1. The number of nitrogens with one attached hydrogen (secondary N) is 1. The molecule has 2 N–H and O–H groups in total. The second-order valence-corrected chi connectivity index (χ2v) is 4.81. The van der Waals surface area contributed by atoms with Crippen LogP contribution in [-0.2, 0) is 9.59 Å². The Balaban J connectivity index is 2.86. The lowest BCUT2D eigenvalue weighted by molar-refractivity contribution is -0.136. The minimum absolute atomic E-state index is 0.00824. The summed E-state index contributed by atoms with van der Waals surface area (Å²) in [5.74, 6) is -0.417. The summed E-state index contributed by atoms with van der Waals surface area (Å²) in [5, 5.41) is 11.8. The number of nitrogens with zero attached hydrogens (tertiary/aromatic N) is 1. The molecule has 110 valence electrons. The van der Waals surface area contributed by atoms with Gasteiger partial charge in [-0.3, -0.25) is 9.59 Å². The van der Waals surface area contributed by atoms with E-state index in [-0.39, 0.29) is 24.5 Å². The molecule has 0 fully saturated rings. The van der Waals surface area contributed by atoms with Crippen LogP contribution in [0.15, 0.2) is 30.3 Å². The predicted octanol–water partition coefficient (Wildman–Crippen LogP) is 1.09. The highest BCUT2D eigenvalue weighted by molar-refractivity contribution is 5.86. The largest absolute Gasteiger partial charge is 0.396 e. The zero-order chi connectivity index (χ0) is 15.1. The van der Waals surface area contributed by atoms with Gasteiger partial charge in [0.1, 0.15) is 6.04 Å². The van der Waals surface area contributed by atoms with Gasteiger partial charge in [-0.1, -0.05) is 30.3 Å². The van der Waals surface area contributed by atoms with Crippen molar-refractivity contribution in [1.82, 2.24) is 10.2 Å². The SMILES string of the molecule is CC(=O)NC(C)C(=O)N(C)C(CCO)c1ccccc1. The lowest BCUT2D eigenvalue weighted by Crippen LogP contribution is -2.46. The third kappa shape index (κ3) is 4.35. The van der Waals surface area contributed by atoms with E-state index in [9.17, 15) is 14.7 Å². The summed E-state index contributed by atoms with van der Waals surface area (Å²) in [7, 11) is 1.69. The van der Waals surface area contributed by atoms with Gasteiger partial charge in [0.15, 0.2) is 0 Å². The third-order valence-corrected chi connectivity index (χ3v) is 3.19. The van der Waals surface area contributed by atoms with Crippen molar-refractivity contribution in [2.45, 2.75) is 32.4 Å². The van der Waals surface area contributed by atoms with Crippen molar-refractivity contribution in [2.24, 2.45) is 0 Å². The van der Waals surface area contributed by atoms with Crippen LogP contribution in [0.25, 0.3) is 0 Å². The first-order valence-corrected chi connectivity index (χ1v) is 6.67. The van der Waals surface area contributed by atoms with Gasteiger partial charge in [-0.2, -0.15) is 0 Å². The van der Waals surface area contributed by atoms with Crippen LogP contribution in [0.4, 0.5) is 0 Å². The van der Waals surface area contributed by atoms with Crippen molar-refractivity contribution in [1.29, 1.82) is 0 Å². The zero-order valence-electron chi connectivity index (χ0n) is 12.2. The first-order valence-electron chi connectivity index (χ1n) is 6.67. The molecule has 0 saturated carbocycles. The maximum Gasteiger partial charge on any atom is 0.245 e. The van der Waals surface area contributed by atoms with Crippen molar-refractivity contribution < 1.29 is 14.7 Å². The Morgan fingerprint density at radius 3 is 2.40 bits per heavy atom. The normalized spacial score (nSPS) is 13.4. The lowest BCUT2D eigenvalue weighted by atomic mass is 10.0. The maximum absolute atomic E-state index is 12.3. The van der Waals surface area contributed by atoms with E-state index in [1.807, 2.05) is 30.3 Å². The van der Waals surface area contributed by atoms with E-state index in [1.54, 1.807) is 18.9 Å². The molecule has 2 atom stereocenters. The minimum atomic E-state index is -0.581. The summed E-state index contributed by atoms with van der Waals surface area (Å²) < 4.78 is 0. The minimum Gasteiger partial charge on any atom is -0.396 e. The molecule has 0 spiro atoms. The van der Waals surface area contributed by atoms with Crippen molar-refractivity contribution in [3.8, 4) is 0 Å². The van der Waals surface area contributed by atoms with E-state index in [4.69, 9.17) is 0 Å². The molecular weight excluding hydrogens is 256 g/mol. The van der Waals surface area contributed by atoms with Crippen LogP contribution >= 0.6 is 0 Å². The van der Waals surface area contributed by atoms with Gasteiger partial charge in [-0.15, -0.1) is 0 Å². The molecule has 0 radical (unpaired) electrons. The van der Waals surface area contributed by atoms with Gasteiger partial charge < -0.3 is 15.3 Å². The standard InChI is InChI=1S/C15H22N2O3/c1-11(16-12(2)19)15(20)17(3)14(9-10-18)13-7-5-4-6-8-13/h4-8,11,14,18H,9-10H2,1-3H3,(H,16,19). The number of likely N-dealkylation sites (N-methyl/N-ethyl adjacent to an activating group) is 1. The summed E-state index contributed by atoms with van der Waals surface area (Å²) in [4.78, 5) is 24.9. The van der Waals surface area contributed by atoms with Crippen molar-refractivity contribution in [2.75, 3.05) is 13.7 Å². The Morgan fingerprint density at radius 2 is 1.90 bits per heavy atom. The molecule has 20 heavy (non-hydrogen) atoms. The van der Waals surface area contributed by atoms with Crippen molar-refractivity contribution >= 4 is 11.8 Å². The molecule has 0 bridgehead atoms. The lowest BCUT2D eigenvalue weighted by Gasteiger charge is -2.30. The van der Waals surface area contributed by atoms with E-state index in [0.29, 0.717) is 6.42 Å². The topological polar surface area (TPSA) is 69.6 Å². The first kappa shape index (κ1) is 16.2. The number of carbonyl (C=O) groups excluding carboxylic acids is 2. The second kappa shape index (κ2) is 7.65. The van der Waals surface area contributed by atoms with Gasteiger partial charge in [0.2, 0.25) is 11.8 Å². The molecular formula is C15H22N2O3. The van der Waals surface area contributed by atoms with Gasteiger partial charge in [0, 0.05) is 20.6 Å². The second-order valence-electron chi connectivity index (χ2n) is 4.81. The fraction of sp³-hybridized carbons (Fsp3) is 0.467. The Labute approximate surface area is 119 Å². The summed E-state index contributed by atoms with van der Waals surface area (Å²) in [6.07, 6.45) is 0.457. The molecule has 5 nitrogen and oxygen atoms in total. The smallest absolute Gasteiger partial charge is 0.245 e. The van der Waals surface area contributed by atoms with E-state index in [1.165, 1.54) is 6.92 Å². The highest BCUT2D eigenvalue weighted by Gasteiger charge is 2.25. The average molecular weight is 278 g/mol. The third-order valence-electron chi connectivity index (χ3n) is 3.19. The van der Waals surface area contributed by atoms with Crippen LogP contribution in [-0.4, -0.2) is 41.5 Å². The first-order chi connectivity index (χ1) is 9.47. The number of hydrogen-bond donors (Lipinski definition) is 2. The quantitative estimate of drug-likeness (QED) is 0.818. The van der Waals surface area contributed by atoms with Crippen LogP contribution in [0.1, 0.15) is 31.9 Å². The van der Waals surface area contributed by atoms with Crippen LogP contribution < -0.4 is 5.32 Å². The number of benzene rings is 1. The van der Waals surface area contributed by atoms with Crippen molar-refractivity contribution in [3.05, 3.63) is 35.9 Å².